The number of benzene rings is 1. The van der Waals surface area contributed by atoms with E-state index >= 15 is 4.39 Å². The summed E-state index contributed by atoms with van der Waals surface area (Å²) >= 11 is 0. The van der Waals surface area contributed by atoms with Gasteiger partial charge in [-0.05, 0) is 57.1 Å². The first-order valence-electron chi connectivity index (χ1n) is 12.9. The van der Waals surface area contributed by atoms with Crippen LogP contribution in [0.3, 0.4) is 0 Å². The van der Waals surface area contributed by atoms with Crippen LogP contribution >= 0.6 is 0 Å². The van der Waals surface area contributed by atoms with Crippen molar-refractivity contribution in [3.63, 3.8) is 0 Å². The average Bonchev–Trinajstić information content (AvgIpc) is 3.76. The zero-order valence-electron chi connectivity index (χ0n) is 22.1. The highest BCUT2D eigenvalue weighted by Gasteiger charge is 2.45. The van der Waals surface area contributed by atoms with Crippen LogP contribution in [0, 0.1) is 5.92 Å². The molecule has 2 heterocycles. The fraction of sp³-hybridized carbons (Fsp3) is 0.519. The van der Waals surface area contributed by atoms with Gasteiger partial charge in [-0.1, -0.05) is 13.0 Å². The highest BCUT2D eigenvalue weighted by atomic mass is 19.1. The second-order valence-corrected chi connectivity index (χ2v) is 10.7. The summed E-state index contributed by atoms with van der Waals surface area (Å²) < 4.78 is 26.0. The molecule has 0 aliphatic heterocycles. The summed E-state index contributed by atoms with van der Waals surface area (Å²) in [5.41, 5.74) is 8.10. The van der Waals surface area contributed by atoms with Gasteiger partial charge < -0.3 is 25.2 Å². The highest BCUT2D eigenvalue weighted by molar-refractivity contribution is 5.72. The first-order valence-corrected chi connectivity index (χ1v) is 12.9. The third-order valence-corrected chi connectivity index (χ3v) is 7.50. The Balaban J connectivity index is 1.41. The Bertz CT molecular complexity index is 1290. The van der Waals surface area contributed by atoms with Crippen molar-refractivity contribution >= 4 is 5.95 Å². The number of rotatable bonds is 7. The van der Waals surface area contributed by atoms with E-state index < -0.39 is 17.8 Å². The fourth-order valence-electron chi connectivity index (χ4n) is 5.17. The van der Waals surface area contributed by atoms with E-state index in [0.717, 1.165) is 25.7 Å². The van der Waals surface area contributed by atoms with Gasteiger partial charge in [0.2, 0.25) is 5.95 Å². The zero-order chi connectivity index (χ0) is 27.0. The maximum absolute atomic E-state index is 15.6. The molecule has 2 aromatic heterocycles. The van der Waals surface area contributed by atoms with Crippen molar-refractivity contribution in [1.29, 1.82) is 0 Å². The summed E-state index contributed by atoms with van der Waals surface area (Å²) in [5, 5.41) is 19.5. The maximum atomic E-state index is 15.6. The van der Waals surface area contributed by atoms with E-state index in [9.17, 15) is 5.11 Å². The summed E-state index contributed by atoms with van der Waals surface area (Å²) in [6, 6.07) is 4.86. The molecule has 0 bridgehead atoms. The van der Waals surface area contributed by atoms with Crippen LogP contribution in [0.2, 0.25) is 0 Å². The number of nitrogens with zero attached hydrogens (tertiary/aromatic N) is 6. The number of aromatic hydroxyl groups is 1. The van der Waals surface area contributed by atoms with Crippen molar-refractivity contribution in [2.75, 3.05) is 19.1 Å². The summed E-state index contributed by atoms with van der Waals surface area (Å²) in [7, 11) is 2.97. The van der Waals surface area contributed by atoms with E-state index in [1.807, 2.05) is 18.7 Å². The van der Waals surface area contributed by atoms with Gasteiger partial charge in [-0.15, -0.1) is 10.2 Å². The van der Waals surface area contributed by atoms with E-state index in [-0.39, 0.29) is 29.5 Å². The van der Waals surface area contributed by atoms with Crippen molar-refractivity contribution in [3.8, 4) is 40.0 Å². The number of phenolic OH excluding ortho intramolecular Hbond substituents is 1. The van der Waals surface area contributed by atoms with Crippen LogP contribution in [0.15, 0.2) is 30.6 Å². The Labute approximate surface area is 221 Å². The quantitative estimate of drug-likeness (QED) is 0.439. The molecule has 10 nitrogen and oxygen atoms in total. The molecule has 0 amide bonds. The Kier molecular flexibility index (Phi) is 7.04. The van der Waals surface area contributed by atoms with E-state index in [1.54, 1.807) is 24.4 Å². The number of alkyl halides is 1. The second-order valence-electron chi connectivity index (χ2n) is 10.7. The lowest BCUT2D eigenvalue weighted by Gasteiger charge is -2.37. The molecule has 2 aliphatic rings. The lowest BCUT2D eigenvalue weighted by atomic mass is 9.91. The number of aromatic nitrogens is 5. The number of anilines is 1. The molecule has 38 heavy (non-hydrogen) atoms. The number of phenols is 1. The number of hydrogen-bond acceptors (Lipinski definition) is 10. The van der Waals surface area contributed by atoms with Crippen molar-refractivity contribution in [1.82, 2.24) is 25.1 Å². The lowest BCUT2D eigenvalue weighted by Crippen LogP contribution is -2.50. The predicted octanol–water partition coefficient (Wildman–Crippen LogP) is 3.93. The van der Waals surface area contributed by atoms with Crippen molar-refractivity contribution in [3.05, 3.63) is 30.6 Å². The molecule has 0 radical (unpaired) electrons. The number of methoxy groups -OCH3 is 2. The van der Waals surface area contributed by atoms with Gasteiger partial charge in [0.05, 0.1) is 38.3 Å². The molecule has 5 rings (SSSR count). The second kappa shape index (κ2) is 10.3. The molecule has 1 aromatic carbocycles. The lowest BCUT2D eigenvalue weighted by molar-refractivity contribution is 0.192. The van der Waals surface area contributed by atoms with Gasteiger partial charge in [-0.3, -0.25) is 0 Å². The number of ether oxygens (including phenoxy) is 2. The largest absolute Gasteiger partial charge is 0.507 e. The van der Waals surface area contributed by atoms with Gasteiger partial charge in [0, 0.05) is 22.7 Å². The summed E-state index contributed by atoms with van der Waals surface area (Å²) in [5.74, 6) is 0.803. The monoisotopic (exact) mass is 523 g/mol. The molecule has 3 aromatic rings. The molecule has 1 unspecified atom stereocenters. The zero-order valence-corrected chi connectivity index (χ0v) is 22.1. The summed E-state index contributed by atoms with van der Waals surface area (Å²) in [6.07, 6.45) is 6.07. The third-order valence-electron chi connectivity index (χ3n) is 7.50. The molecular weight excluding hydrogens is 489 g/mol. The molecule has 4 atom stereocenters. The predicted molar refractivity (Wildman–Crippen MR) is 141 cm³/mol. The minimum atomic E-state index is -1.03. The highest BCUT2D eigenvalue weighted by Crippen LogP contribution is 2.40. The van der Waals surface area contributed by atoms with E-state index in [4.69, 9.17) is 15.2 Å². The molecule has 3 N–H and O–H groups in total. The van der Waals surface area contributed by atoms with E-state index in [1.165, 1.54) is 20.4 Å². The molecule has 11 heteroatoms. The molecule has 2 saturated carbocycles. The van der Waals surface area contributed by atoms with Crippen LogP contribution in [-0.4, -0.2) is 68.3 Å². The molecular formula is C27H34FN7O3. The molecule has 0 saturated heterocycles. The first kappa shape index (κ1) is 26.0. The molecule has 0 spiro atoms. The Morgan fingerprint density at radius 2 is 1.79 bits per heavy atom. The Hall–Kier alpha value is -3.60. The van der Waals surface area contributed by atoms with Crippen LogP contribution in [-0.2, 0) is 0 Å². The van der Waals surface area contributed by atoms with Gasteiger partial charge in [-0.25, -0.2) is 19.3 Å². The van der Waals surface area contributed by atoms with E-state index in [2.05, 4.69) is 25.1 Å². The number of halogens is 1. The number of nitrogens with two attached hydrogens (primary N) is 1. The third kappa shape index (κ3) is 5.20. The maximum Gasteiger partial charge on any atom is 0.278 e. The molecule has 202 valence electrons. The van der Waals surface area contributed by atoms with Crippen LogP contribution < -0.4 is 20.1 Å². The van der Waals surface area contributed by atoms with Gasteiger partial charge in [0.15, 0.2) is 0 Å². The van der Waals surface area contributed by atoms with Crippen molar-refractivity contribution in [2.24, 2.45) is 11.7 Å². The normalized spacial score (nSPS) is 25.5. The van der Waals surface area contributed by atoms with Crippen molar-refractivity contribution < 1.29 is 19.0 Å². The van der Waals surface area contributed by atoms with Crippen LogP contribution in [0.25, 0.3) is 22.5 Å². The topological polar surface area (TPSA) is 132 Å². The smallest absolute Gasteiger partial charge is 0.278 e. The SMILES string of the molecule is COc1ncc(-c2ccc(-c3cnc(N(C4CC4)[C@H]4C[C@@](C)(N)CCC(C)[C@H]4F)nn3)c(O)c2)nc1OC. The van der Waals surface area contributed by atoms with E-state index in [0.29, 0.717) is 34.9 Å². The molecule has 2 fully saturated rings. The first-order chi connectivity index (χ1) is 18.2. The van der Waals surface area contributed by atoms with Gasteiger partial charge in [0.1, 0.15) is 17.6 Å². The summed E-state index contributed by atoms with van der Waals surface area (Å²) in [6.45, 7) is 3.95. The van der Waals surface area contributed by atoms with Crippen LogP contribution in [0.5, 0.6) is 17.5 Å². The standard InChI is InChI=1S/C27H34FN7O3/c1-15-9-10-27(2,29)12-21(23(15)28)35(17-6-7-17)26-31-14-20(33-34-26)18-8-5-16(11-22(18)36)19-13-30-24(37-3)25(32-19)38-4/h5,8,11,13-15,17,21,23,36H,6-7,9-10,12,29H2,1-4H3/t15?,21-,23+,27-/m0/s1. The Morgan fingerprint density at radius 3 is 2.42 bits per heavy atom. The van der Waals surface area contributed by atoms with Gasteiger partial charge in [0.25, 0.3) is 11.8 Å². The summed E-state index contributed by atoms with van der Waals surface area (Å²) in [4.78, 5) is 15.2. The van der Waals surface area contributed by atoms with Gasteiger partial charge in [-0.2, -0.15) is 0 Å². The minimum Gasteiger partial charge on any atom is -0.507 e. The average molecular weight is 524 g/mol. The number of hydrogen-bond donors (Lipinski definition) is 2. The van der Waals surface area contributed by atoms with Crippen LogP contribution in [0.4, 0.5) is 10.3 Å². The van der Waals surface area contributed by atoms with Crippen LogP contribution in [0.1, 0.15) is 46.0 Å². The van der Waals surface area contributed by atoms with Crippen molar-refractivity contribution in [2.45, 2.75) is 69.7 Å². The fourth-order valence-corrected chi connectivity index (χ4v) is 5.17. The minimum absolute atomic E-state index is 0.0118. The Morgan fingerprint density at radius 1 is 1.05 bits per heavy atom. The molecule has 2 aliphatic carbocycles. The van der Waals surface area contributed by atoms with Gasteiger partial charge >= 0.3 is 0 Å².